The highest BCUT2D eigenvalue weighted by molar-refractivity contribution is 5.74. The molecule has 0 saturated heterocycles. The lowest BCUT2D eigenvalue weighted by Gasteiger charge is -2.22. The Kier molecular flexibility index (Phi) is 8.85. The van der Waals surface area contributed by atoms with Crippen LogP contribution in [-0.2, 0) is 6.42 Å². The summed E-state index contributed by atoms with van der Waals surface area (Å²) in [7, 11) is 0. The Morgan fingerprint density at radius 1 is 0.861 bits per heavy atom. The van der Waals surface area contributed by atoms with E-state index in [4.69, 9.17) is 0 Å². The first kappa shape index (κ1) is 26.0. The van der Waals surface area contributed by atoms with Crippen LogP contribution in [0.4, 0.5) is 13.2 Å². The molecule has 0 N–H and O–H groups in total. The predicted molar refractivity (Wildman–Crippen MR) is 145 cm³/mol. The van der Waals surface area contributed by atoms with E-state index in [1.807, 2.05) is 38.1 Å². The van der Waals surface area contributed by atoms with E-state index in [0.717, 1.165) is 55.2 Å². The van der Waals surface area contributed by atoms with E-state index in [1.54, 1.807) is 30.3 Å². The minimum Gasteiger partial charge on any atom is -0.206 e. The molecule has 1 aliphatic carbocycles. The van der Waals surface area contributed by atoms with Gasteiger partial charge < -0.3 is 0 Å². The second-order valence-electron chi connectivity index (χ2n) is 9.79. The monoisotopic (exact) mass is 488 g/mol. The number of rotatable bonds is 9. The maximum atomic E-state index is 15.1. The summed E-state index contributed by atoms with van der Waals surface area (Å²) in [4.78, 5) is 0. The average molecular weight is 489 g/mol. The molecule has 0 nitrogen and oxygen atoms in total. The fourth-order valence-corrected chi connectivity index (χ4v) is 5.06. The molecular weight excluding hydrogens is 453 g/mol. The van der Waals surface area contributed by atoms with Gasteiger partial charge in [0.2, 0.25) is 0 Å². The summed E-state index contributed by atoms with van der Waals surface area (Å²) in [5.74, 6) is -1.11. The molecule has 3 aromatic rings. The molecular formula is C33H35F3. The van der Waals surface area contributed by atoms with E-state index in [9.17, 15) is 8.78 Å². The molecule has 3 heteroatoms. The van der Waals surface area contributed by atoms with Crippen LogP contribution < -0.4 is 0 Å². The molecule has 1 aliphatic rings. The number of hydrogen-bond acceptors (Lipinski definition) is 0. The van der Waals surface area contributed by atoms with Gasteiger partial charge in [0, 0.05) is 11.1 Å². The summed E-state index contributed by atoms with van der Waals surface area (Å²) in [5.41, 5.74) is 4.65. The lowest BCUT2D eigenvalue weighted by atomic mass is 9.84. The molecule has 0 fully saturated rings. The molecule has 3 aromatic carbocycles. The summed E-state index contributed by atoms with van der Waals surface area (Å²) < 4.78 is 44.4. The van der Waals surface area contributed by atoms with Crippen LogP contribution in [0.5, 0.6) is 0 Å². The number of hydrogen-bond donors (Lipinski definition) is 0. The Morgan fingerprint density at radius 2 is 1.58 bits per heavy atom. The van der Waals surface area contributed by atoms with Crippen molar-refractivity contribution in [2.75, 3.05) is 0 Å². The van der Waals surface area contributed by atoms with Crippen molar-refractivity contribution in [3.8, 4) is 22.3 Å². The van der Waals surface area contributed by atoms with Crippen LogP contribution in [0.2, 0.25) is 0 Å². The van der Waals surface area contributed by atoms with Gasteiger partial charge in [-0.3, -0.25) is 0 Å². The largest absolute Gasteiger partial charge is 0.206 e. The Hall–Kier alpha value is -3.07. The molecule has 1 unspecified atom stereocenters. The topological polar surface area (TPSA) is 0 Å². The molecule has 0 aromatic heterocycles. The van der Waals surface area contributed by atoms with Gasteiger partial charge in [-0.2, -0.15) is 0 Å². The number of allylic oxidation sites excluding steroid dienone is 4. The predicted octanol–water partition coefficient (Wildman–Crippen LogP) is 10.3. The third-order valence-corrected chi connectivity index (χ3v) is 7.30. The zero-order chi connectivity index (χ0) is 25.5. The normalized spacial score (nSPS) is 15.9. The van der Waals surface area contributed by atoms with Gasteiger partial charge in [-0.1, -0.05) is 80.1 Å². The molecule has 4 rings (SSSR count). The minimum atomic E-state index is -0.809. The van der Waals surface area contributed by atoms with Crippen LogP contribution >= 0.6 is 0 Å². The maximum Gasteiger partial charge on any atom is 0.166 e. The van der Waals surface area contributed by atoms with E-state index in [2.05, 4.69) is 18.2 Å². The van der Waals surface area contributed by atoms with Crippen LogP contribution in [0.25, 0.3) is 27.8 Å². The third kappa shape index (κ3) is 6.00. The summed E-state index contributed by atoms with van der Waals surface area (Å²) in [6.45, 7) is 4.08. The fourth-order valence-electron chi connectivity index (χ4n) is 5.06. The van der Waals surface area contributed by atoms with Crippen LogP contribution in [0.3, 0.4) is 0 Å². The first-order valence-electron chi connectivity index (χ1n) is 13.2. The SMILES string of the molecule is CC=CCCC1CC=C(c2ccc(-c3ccc(-c4ccc(CCCC)c(F)c4F)cc3)cc2F)CC1. The minimum absolute atomic E-state index is 0.217. The fraction of sp³-hybridized carbons (Fsp3) is 0.333. The van der Waals surface area contributed by atoms with Crippen LogP contribution in [0.1, 0.15) is 69.9 Å². The van der Waals surface area contributed by atoms with Crippen LogP contribution in [0, 0.1) is 23.4 Å². The van der Waals surface area contributed by atoms with Gasteiger partial charge >= 0.3 is 0 Å². The van der Waals surface area contributed by atoms with Gasteiger partial charge in [-0.25, -0.2) is 13.2 Å². The van der Waals surface area contributed by atoms with Gasteiger partial charge in [0.05, 0.1) is 0 Å². The molecule has 0 saturated carbocycles. The highest BCUT2D eigenvalue weighted by Crippen LogP contribution is 2.35. The van der Waals surface area contributed by atoms with Crippen molar-refractivity contribution in [3.63, 3.8) is 0 Å². The molecule has 1 atom stereocenters. The summed E-state index contributed by atoms with van der Waals surface area (Å²) in [6, 6.07) is 15.9. The Balaban J connectivity index is 1.48. The highest BCUT2D eigenvalue weighted by atomic mass is 19.2. The lowest BCUT2D eigenvalue weighted by Crippen LogP contribution is -2.06. The van der Waals surface area contributed by atoms with Crippen molar-refractivity contribution < 1.29 is 13.2 Å². The van der Waals surface area contributed by atoms with Crippen molar-refractivity contribution in [2.45, 2.75) is 65.2 Å². The molecule has 0 spiro atoms. The van der Waals surface area contributed by atoms with Crippen molar-refractivity contribution in [3.05, 3.63) is 101 Å². The maximum absolute atomic E-state index is 15.1. The van der Waals surface area contributed by atoms with Crippen molar-refractivity contribution in [1.82, 2.24) is 0 Å². The summed E-state index contributed by atoms with van der Waals surface area (Å²) >= 11 is 0. The summed E-state index contributed by atoms with van der Waals surface area (Å²) in [5, 5.41) is 0. The second kappa shape index (κ2) is 12.3. The molecule has 188 valence electrons. The molecule has 0 radical (unpaired) electrons. The quantitative estimate of drug-likeness (QED) is 0.263. The molecule has 0 aliphatic heterocycles. The van der Waals surface area contributed by atoms with Gasteiger partial charge in [0.1, 0.15) is 5.82 Å². The van der Waals surface area contributed by atoms with Gasteiger partial charge in [0.15, 0.2) is 11.6 Å². The van der Waals surface area contributed by atoms with E-state index >= 15 is 4.39 Å². The average Bonchev–Trinajstić information content (AvgIpc) is 2.90. The third-order valence-electron chi connectivity index (χ3n) is 7.30. The number of benzene rings is 3. The first-order chi connectivity index (χ1) is 17.5. The van der Waals surface area contributed by atoms with Gasteiger partial charge in [-0.15, -0.1) is 0 Å². The van der Waals surface area contributed by atoms with Crippen LogP contribution in [0.15, 0.2) is 72.8 Å². The van der Waals surface area contributed by atoms with Crippen LogP contribution in [-0.4, -0.2) is 0 Å². The van der Waals surface area contributed by atoms with E-state index in [0.29, 0.717) is 29.0 Å². The van der Waals surface area contributed by atoms with E-state index in [-0.39, 0.29) is 11.4 Å². The van der Waals surface area contributed by atoms with Crippen molar-refractivity contribution in [1.29, 1.82) is 0 Å². The van der Waals surface area contributed by atoms with Crippen molar-refractivity contribution >= 4 is 5.57 Å². The van der Waals surface area contributed by atoms with Gasteiger partial charge in [0.25, 0.3) is 0 Å². The zero-order valence-corrected chi connectivity index (χ0v) is 21.3. The number of unbranched alkanes of at least 4 members (excludes halogenated alkanes) is 1. The van der Waals surface area contributed by atoms with Crippen molar-refractivity contribution in [2.24, 2.45) is 5.92 Å². The highest BCUT2D eigenvalue weighted by Gasteiger charge is 2.18. The Bertz CT molecular complexity index is 1230. The molecule has 0 bridgehead atoms. The first-order valence-corrected chi connectivity index (χ1v) is 13.2. The zero-order valence-electron chi connectivity index (χ0n) is 21.3. The second-order valence-corrected chi connectivity index (χ2v) is 9.79. The number of halogens is 3. The standard InChI is InChI=1S/C33H35F3/c1-3-5-7-8-23-10-12-25(13-11-23)29-20-19-28(22-31(29)34)24-14-16-26(17-15-24)30-21-18-27(9-6-4-2)32(35)33(30)36/h3,5,12,14-23H,4,6-11,13H2,1-2H3. The number of aryl methyl sites for hydroxylation is 1. The van der Waals surface area contributed by atoms with Gasteiger partial charge in [-0.05, 0) is 91.7 Å². The Labute approximate surface area is 213 Å². The molecule has 0 amide bonds. The molecule has 36 heavy (non-hydrogen) atoms. The molecule has 0 heterocycles. The lowest BCUT2D eigenvalue weighted by molar-refractivity contribution is 0.453. The Morgan fingerprint density at radius 3 is 2.25 bits per heavy atom. The smallest absolute Gasteiger partial charge is 0.166 e. The van der Waals surface area contributed by atoms with E-state index in [1.165, 1.54) is 6.42 Å². The summed E-state index contributed by atoms with van der Waals surface area (Å²) in [6.07, 6.45) is 14.1. The van der Waals surface area contributed by atoms with E-state index < -0.39 is 11.6 Å².